The second-order valence-electron chi connectivity index (χ2n) is 6.75. The first-order valence-electron chi connectivity index (χ1n) is 8.34. The number of aliphatic carboxylic acids is 1. The molecule has 0 bridgehead atoms. The Morgan fingerprint density at radius 1 is 1.21 bits per heavy atom. The molecule has 6 heteroatoms. The second-order valence-corrected chi connectivity index (χ2v) is 6.75. The summed E-state index contributed by atoms with van der Waals surface area (Å²) < 4.78 is 0. The fourth-order valence-corrected chi connectivity index (χ4v) is 3.48. The van der Waals surface area contributed by atoms with E-state index in [-0.39, 0.29) is 24.3 Å². The van der Waals surface area contributed by atoms with E-state index in [1.54, 1.807) is 17.0 Å². The number of rotatable bonds is 4. The van der Waals surface area contributed by atoms with E-state index in [0.29, 0.717) is 25.1 Å². The van der Waals surface area contributed by atoms with Crippen LogP contribution in [-0.2, 0) is 16.1 Å². The summed E-state index contributed by atoms with van der Waals surface area (Å²) >= 11 is 0. The first-order chi connectivity index (χ1) is 11.5. The predicted molar refractivity (Wildman–Crippen MR) is 87.3 cm³/mol. The van der Waals surface area contributed by atoms with Gasteiger partial charge in [0.25, 0.3) is 5.91 Å². The Hall–Kier alpha value is -2.37. The van der Waals surface area contributed by atoms with Gasteiger partial charge in [0.2, 0.25) is 5.91 Å². The van der Waals surface area contributed by atoms with Crippen molar-refractivity contribution in [2.45, 2.75) is 26.3 Å². The van der Waals surface area contributed by atoms with Gasteiger partial charge in [-0.2, -0.15) is 0 Å². The fourth-order valence-electron chi connectivity index (χ4n) is 3.48. The van der Waals surface area contributed by atoms with Crippen LogP contribution >= 0.6 is 0 Å². The van der Waals surface area contributed by atoms with E-state index < -0.39 is 11.9 Å². The molecule has 6 nitrogen and oxygen atoms in total. The number of benzene rings is 1. The molecule has 2 atom stereocenters. The maximum atomic E-state index is 12.5. The molecule has 2 heterocycles. The third kappa shape index (κ3) is 3.27. The Labute approximate surface area is 141 Å². The van der Waals surface area contributed by atoms with Crippen molar-refractivity contribution < 1.29 is 19.5 Å². The SMILES string of the molecule is C[C@@H]1CN(C(=O)c2ccc(CN3CCCC3=O)cc2)C[C@H]1C(=O)O. The van der Waals surface area contributed by atoms with Crippen molar-refractivity contribution in [1.29, 1.82) is 0 Å². The number of carboxylic acid groups (broad SMARTS) is 1. The lowest BCUT2D eigenvalue weighted by Gasteiger charge is -2.17. The van der Waals surface area contributed by atoms with Gasteiger partial charge >= 0.3 is 5.97 Å². The highest BCUT2D eigenvalue weighted by Gasteiger charge is 2.37. The van der Waals surface area contributed by atoms with Gasteiger partial charge in [-0.25, -0.2) is 0 Å². The van der Waals surface area contributed by atoms with Crippen LogP contribution in [-0.4, -0.2) is 52.3 Å². The summed E-state index contributed by atoms with van der Waals surface area (Å²) in [4.78, 5) is 38.8. The third-order valence-electron chi connectivity index (χ3n) is 4.96. The first-order valence-corrected chi connectivity index (χ1v) is 8.34. The van der Waals surface area contributed by atoms with Gasteiger partial charge in [0.05, 0.1) is 5.92 Å². The summed E-state index contributed by atoms with van der Waals surface area (Å²) in [6.07, 6.45) is 1.53. The van der Waals surface area contributed by atoms with Gasteiger partial charge in [-0.05, 0) is 30.0 Å². The van der Waals surface area contributed by atoms with Gasteiger partial charge in [-0.15, -0.1) is 0 Å². The monoisotopic (exact) mass is 330 g/mol. The van der Waals surface area contributed by atoms with Crippen LogP contribution in [0.25, 0.3) is 0 Å². The molecule has 0 spiro atoms. The van der Waals surface area contributed by atoms with Crippen LogP contribution in [0.4, 0.5) is 0 Å². The summed E-state index contributed by atoms with van der Waals surface area (Å²) in [7, 11) is 0. The maximum Gasteiger partial charge on any atom is 0.308 e. The molecule has 1 aromatic carbocycles. The van der Waals surface area contributed by atoms with Crippen LogP contribution < -0.4 is 0 Å². The number of hydrogen-bond donors (Lipinski definition) is 1. The van der Waals surface area contributed by atoms with Crippen LogP contribution in [0.1, 0.15) is 35.7 Å². The number of hydrogen-bond acceptors (Lipinski definition) is 3. The minimum absolute atomic E-state index is 0.0353. The van der Waals surface area contributed by atoms with Gasteiger partial charge < -0.3 is 14.9 Å². The number of likely N-dealkylation sites (tertiary alicyclic amines) is 2. The molecule has 0 aliphatic carbocycles. The fraction of sp³-hybridized carbons (Fsp3) is 0.500. The van der Waals surface area contributed by atoms with E-state index in [2.05, 4.69) is 0 Å². The van der Waals surface area contributed by atoms with Crippen molar-refractivity contribution in [3.63, 3.8) is 0 Å². The molecular formula is C18H22N2O4. The smallest absolute Gasteiger partial charge is 0.308 e. The van der Waals surface area contributed by atoms with Gasteiger partial charge in [0, 0.05) is 38.2 Å². The number of nitrogens with zero attached hydrogens (tertiary/aromatic N) is 2. The normalized spacial score (nSPS) is 23.8. The molecule has 2 aliphatic heterocycles. The summed E-state index contributed by atoms with van der Waals surface area (Å²) in [5.41, 5.74) is 1.56. The van der Waals surface area contributed by atoms with Gasteiger partial charge in [-0.1, -0.05) is 19.1 Å². The lowest BCUT2D eigenvalue weighted by Crippen LogP contribution is -2.30. The maximum absolute atomic E-state index is 12.5. The molecule has 0 aromatic heterocycles. The zero-order chi connectivity index (χ0) is 17.3. The van der Waals surface area contributed by atoms with E-state index >= 15 is 0 Å². The molecule has 24 heavy (non-hydrogen) atoms. The lowest BCUT2D eigenvalue weighted by molar-refractivity contribution is -0.142. The Kier molecular flexibility index (Phi) is 4.55. The molecule has 2 saturated heterocycles. The first kappa shape index (κ1) is 16.5. The summed E-state index contributed by atoms with van der Waals surface area (Å²) in [5, 5.41) is 9.18. The molecule has 2 fully saturated rings. The van der Waals surface area contributed by atoms with E-state index in [1.165, 1.54) is 0 Å². The van der Waals surface area contributed by atoms with Crippen LogP contribution in [0, 0.1) is 11.8 Å². The average Bonchev–Trinajstić information content (AvgIpc) is 3.14. The number of carboxylic acids is 1. The zero-order valence-electron chi connectivity index (χ0n) is 13.8. The lowest BCUT2D eigenvalue weighted by atomic mass is 9.99. The molecule has 0 unspecified atom stereocenters. The van der Waals surface area contributed by atoms with E-state index in [0.717, 1.165) is 18.5 Å². The van der Waals surface area contributed by atoms with E-state index in [9.17, 15) is 19.5 Å². The molecule has 0 radical (unpaired) electrons. The minimum Gasteiger partial charge on any atom is -0.481 e. The second kappa shape index (κ2) is 6.63. The molecule has 1 N–H and O–H groups in total. The largest absolute Gasteiger partial charge is 0.481 e. The van der Waals surface area contributed by atoms with Gasteiger partial charge in [0.1, 0.15) is 0 Å². The summed E-state index contributed by atoms with van der Waals surface area (Å²) in [6, 6.07) is 7.26. The Morgan fingerprint density at radius 2 is 1.92 bits per heavy atom. The van der Waals surface area contributed by atoms with Crippen molar-refractivity contribution in [2.75, 3.05) is 19.6 Å². The molecule has 0 saturated carbocycles. The van der Waals surface area contributed by atoms with Crippen LogP contribution in [0.5, 0.6) is 0 Å². The molecule has 128 valence electrons. The van der Waals surface area contributed by atoms with Crippen molar-refractivity contribution in [3.05, 3.63) is 35.4 Å². The zero-order valence-corrected chi connectivity index (χ0v) is 13.8. The molecule has 3 rings (SSSR count). The molecule has 2 aliphatic rings. The van der Waals surface area contributed by atoms with Crippen LogP contribution in [0.15, 0.2) is 24.3 Å². The Morgan fingerprint density at radius 3 is 2.46 bits per heavy atom. The number of carbonyl (C=O) groups excluding carboxylic acids is 2. The van der Waals surface area contributed by atoms with Crippen LogP contribution in [0.2, 0.25) is 0 Å². The van der Waals surface area contributed by atoms with Gasteiger partial charge in [-0.3, -0.25) is 14.4 Å². The molecular weight excluding hydrogens is 308 g/mol. The quantitative estimate of drug-likeness (QED) is 0.909. The van der Waals surface area contributed by atoms with Crippen LogP contribution in [0.3, 0.4) is 0 Å². The highest BCUT2D eigenvalue weighted by atomic mass is 16.4. The number of carbonyl (C=O) groups is 3. The molecule has 1 aromatic rings. The number of amides is 2. The van der Waals surface area contributed by atoms with Crippen molar-refractivity contribution in [1.82, 2.24) is 9.80 Å². The van der Waals surface area contributed by atoms with Crippen molar-refractivity contribution in [3.8, 4) is 0 Å². The highest BCUT2D eigenvalue weighted by Crippen LogP contribution is 2.25. The molecule has 2 amide bonds. The average molecular weight is 330 g/mol. The van der Waals surface area contributed by atoms with Gasteiger partial charge in [0.15, 0.2) is 0 Å². The Bertz CT molecular complexity index is 655. The highest BCUT2D eigenvalue weighted by molar-refractivity contribution is 5.95. The Balaban J connectivity index is 1.64. The predicted octanol–water partition coefficient (Wildman–Crippen LogP) is 1.60. The van der Waals surface area contributed by atoms with E-state index in [4.69, 9.17) is 0 Å². The topological polar surface area (TPSA) is 77.9 Å². The minimum atomic E-state index is -0.844. The summed E-state index contributed by atoms with van der Waals surface area (Å²) in [6.45, 7) is 3.97. The third-order valence-corrected chi connectivity index (χ3v) is 4.96. The van der Waals surface area contributed by atoms with Crippen molar-refractivity contribution >= 4 is 17.8 Å². The standard InChI is InChI=1S/C18H22N2O4/c1-12-9-20(11-15(12)18(23)24)17(22)14-6-4-13(5-7-14)10-19-8-2-3-16(19)21/h4-7,12,15H,2-3,8-11H2,1H3,(H,23,24)/t12-,15-/m1/s1. The van der Waals surface area contributed by atoms with Crippen molar-refractivity contribution in [2.24, 2.45) is 11.8 Å². The van der Waals surface area contributed by atoms with E-state index in [1.807, 2.05) is 24.0 Å². The summed E-state index contributed by atoms with van der Waals surface area (Å²) in [5.74, 6) is -1.32.